The van der Waals surface area contributed by atoms with Crippen molar-refractivity contribution in [1.82, 2.24) is 5.32 Å². The number of benzene rings is 1. The Morgan fingerprint density at radius 2 is 1.86 bits per heavy atom. The standard InChI is InChI=1S/C17H16F3NO5S2/c18-17(19,20)26-12-4-2-11(3-5-12)13-6-7-14(27(13)28(24)25)21-15(23)16(10-22)8-1-9-16/h2-7,22H,1,8-10H2,(H,21,23). The summed E-state index contributed by atoms with van der Waals surface area (Å²) in [5.41, 5.74) is -0.498. The zero-order valence-corrected chi connectivity index (χ0v) is 16.0. The van der Waals surface area contributed by atoms with Crippen LogP contribution in [0.25, 0.3) is 4.91 Å². The number of nitrogens with one attached hydrogen (secondary N) is 1. The smallest absolute Gasteiger partial charge is 0.406 e. The lowest BCUT2D eigenvalue weighted by atomic mass is 9.69. The molecule has 0 saturated heterocycles. The molecule has 1 aromatic carbocycles. The Kier molecular flexibility index (Phi) is 5.69. The molecule has 1 fully saturated rings. The van der Waals surface area contributed by atoms with Gasteiger partial charge >= 0.3 is 6.36 Å². The van der Waals surface area contributed by atoms with Gasteiger partial charge in [0, 0.05) is 14.4 Å². The van der Waals surface area contributed by atoms with Gasteiger partial charge < -0.3 is 15.2 Å². The molecule has 6 nitrogen and oxygen atoms in total. The van der Waals surface area contributed by atoms with Gasteiger partial charge in [0.2, 0.25) is 5.91 Å². The average molecular weight is 435 g/mol. The van der Waals surface area contributed by atoms with Crippen LogP contribution in [0.2, 0.25) is 0 Å². The summed E-state index contributed by atoms with van der Waals surface area (Å²) < 4.78 is 64.2. The highest BCUT2D eigenvalue weighted by Crippen LogP contribution is 2.41. The molecule has 1 atom stereocenters. The second-order valence-electron chi connectivity index (χ2n) is 6.35. The van der Waals surface area contributed by atoms with E-state index in [1.54, 1.807) is 0 Å². The Morgan fingerprint density at radius 1 is 1.21 bits per heavy atom. The van der Waals surface area contributed by atoms with Gasteiger partial charge in [-0.3, -0.25) is 4.79 Å². The summed E-state index contributed by atoms with van der Waals surface area (Å²) in [6.45, 7) is -0.318. The lowest BCUT2D eigenvalue weighted by molar-refractivity contribution is -0.274. The van der Waals surface area contributed by atoms with E-state index in [1.807, 2.05) is 0 Å². The Hall–Kier alpha value is -2.11. The van der Waals surface area contributed by atoms with E-state index < -0.39 is 42.2 Å². The highest BCUT2D eigenvalue weighted by atomic mass is 32.9. The number of allylic oxidation sites excluding steroid dienone is 2. The molecule has 152 valence electrons. The van der Waals surface area contributed by atoms with Crippen LogP contribution in [0, 0.1) is 5.41 Å². The van der Waals surface area contributed by atoms with Crippen LogP contribution in [-0.4, -0.2) is 32.4 Å². The van der Waals surface area contributed by atoms with Crippen LogP contribution in [0.5, 0.6) is 5.75 Å². The molecule has 0 aromatic heterocycles. The maximum atomic E-state index is 12.5. The zero-order chi connectivity index (χ0) is 20.5. The van der Waals surface area contributed by atoms with E-state index >= 15 is 0 Å². The number of aliphatic hydroxyl groups excluding tert-OH is 1. The number of carbonyl (C=O) groups is 1. The lowest BCUT2D eigenvalue weighted by Gasteiger charge is -2.38. The molecule has 0 spiro atoms. The van der Waals surface area contributed by atoms with Gasteiger partial charge in [0.25, 0.3) is 9.26 Å². The minimum Gasteiger partial charge on any atom is -0.406 e. The van der Waals surface area contributed by atoms with Crippen molar-refractivity contribution in [2.24, 2.45) is 5.41 Å². The zero-order valence-electron chi connectivity index (χ0n) is 14.3. The van der Waals surface area contributed by atoms with Crippen molar-refractivity contribution >= 4 is 29.5 Å². The minimum atomic E-state index is -4.82. The van der Waals surface area contributed by atoms with Crippen LogP contribution in [0.15, 0.2) is 41.4 Å². The van der Waals surface area contributed by atoms with Gasteiger partial charge in [0.05, 0.1) is 17.1 Å². The molecule has 2 aliphatic rings. The molecule has 28 heavy (non-hydrogen) atoms. The van der Waals surface area contributed by atoms with Crippen molar-refractivity contribution in [3.05, 3.63) is 47.0 Å². The van der Waals surface area contributed by atoms with Crippen LogP contribution in [-0.2, 0) is 23.5 Å². The predicted octanol–water partition coefficient (Wildman–Crippen LogP) is 2.47. The second kappa shape index (κ2) is 7.72. The summed E-state index contributed by atoms with van der Waals surface area (Å²) >= 11 is 0. The van der Waals surface area contributed by atoms with Gasteiger partial charge in [-0.2, -0.15) is 8.42 Å². The van der Waals surface area contributed by atoms with E-state index in [4.69, 9.17) is 0 Å². The van der Waals surface area contributed by atoms with Crippen LogP contribution in [0.3, 0.4) is 0 Å². The number of halogens is 3. The molecule has 1 unspecified atom stereocenters. The Balaban J connectivity index is 1.80. The third-order valence-electron chi connectivity index (χ3n) is 4.63. The van der Waals surface area contributed by atoms with Crippen molar-refractivity contribution in [3.8, 4) is 5.75 Å². The molecular formula is C17H16F3NO5S2. The minimum absolute atomic E-state index is 0.170. The van der Waals surface area contributed by atoms with Crippen LogP contribution >= 0.6 is 0 Å². The average Bonchev–Trinajstić information content (AvgIpc) is 2.97. The molecule has 1 saturated carbocycles. The third-order valence-corrected chi connectivity index (χ3v) is 8.20. The molecule has 0 bridgehead atoms. The first kappa shape index (κ1) is 20.6. The SMILES string of the molecule is O=C(NC1=CC=C(c2ccc(OC(F)(F)F)cc2)S1=S(=O)=O)C1(CO)CCC1. The van der Waals surface area contributed by atoms with Crippen molar-refractivity contribution in [2.75, 3.05) is 6.61 Å². The molecule has 11 heteroatoms. The monoisotopic (exact) mass is 435 g/mol. The fourth-order valence-corrected chi connectivity index (χ4v) is 6.03. The molecule has 1 aliphatic carbocycles. The third kappa shape index (κ3) is 4.15. The van der Waals surface area contributed by atoms with Gasteiger partial charge in [-0.1, -0.05) is 18.6 Å². The predicted molar refractivity (Wildman–Crippen MR) is 97.0 cm³/mol. The molecule has 0 radical (unpaired) electrons. The summed E-state index contributed by atoms with van der Waals surface area (Å²) in [6, 6.07) is 4.81. The molecule has 1 heterocycles. The Bertz CT molecular complexity index is 977. The lowest BCUT2D eigenvalue weighted by Crippen LogP contribution is -2.48. The van der Waals surface area contributed by atoms with Gasteiger partial charge in [0.15, 0.2) is 0 Å². The van der Waals surface area contributed by atoms with E-state index in [0.717, 1.165) is 18.6 Å². The molecule has 1 amide bonds. The number of ether oxygens (including phenoxy) is 1. The van der Waals surface area contributed by atoms with E-state index in [9.17, 15) is 31.5 Å². The Morgan fingerprint density at radius 3 is 2.32 bits per heavy atom. The molecule has 2 N–H and O–H groups in total. The van der Waals surface area contributed by atoms with Crippen molar-refractivity contribution in [2.45, 2.75) is 25.6 Å². The first-order chi connectivity index (χ1) is 13.1. The second-order valence-corrected chi connectivity index (χ2v) is 9.99. The van der Waals surface area contributed by atoms with Crippen molar-refractivity contribution < 1.29 is 36.2 Å². The molecule has 3 rings (SSSR count). The Labute approximate surface area is 161 Å². The normalized spacial score (nSPS) is 20.6. The first-order valence-corrected chi connectivity index (χ1v) is 11.0. The maximum absolute atomic E-state index is 12.5. The van der Waals surface area contributed by atoms with Crippen molar-refractivity contribution in [1.29, 1.82) is 0 Å². The molecule has 1 aromatic rings. The summed E-state index contributed by atoms with van der Waals surface area (Å²) in [5, 5.41) is 12.3. The highest BCUT2D eigenvalue weighted by molar-refractivity contribution is 8.40. The van der Waals surface area contributed by atoms with Crippen LogP contribution < -0.4 is 10.1 Å². The van der Waals surface area contributed by atoms with Gasteiger partial charge in [-0.25, -0.2) is 0 Å². The van der Waals surface area contributed by atoms with Gasteiger partial charge in [-0.15, -0.1) is 13.2 Å². The van der Waals surface area contributed by atoms with E-state index in [1.165, 1.54) is 24.3 Å². The highest BCUT2D eigenvalue weighted by Gasteiger charge is 2.44. The number of alkyl halides is 3. The molecular weight excluding hydrogens is 419 g/mol. The number of hydrogen-bond donors (Lipinski definition) is 2. The topological polar surface area (TPSA) is 92.7 Å². The maximum Gasteiger partial charge on any atom is 0.573 e. The summed E-state index contributed by atoms with van der Waals surface area (Å²) in [7, 11) is -4.10. The number of hydrogen-bond acceptors (Lipinski definition) is 5. The number of amides is 1. The van der Waals surface area contributed by atoms with Gasteiger partial charge in [-0.05, 0) is 42.7 Å². The summed E-state index contributed by atoms with van der Waals surface area (Å²) in [5.74, 6) is -0.853. The van der Waals surface area contributed by atoms with Crippen LogP contribution in [0.1, 0.15) is 24.8 Å². The van der Waals surface area contributed by atoms with Crippen LogP contribution in [0.4, 0.5) is 13.2 Å². The number of rotatable bonds is 5. The summed E-state index contributed by atoms with van der Waals surface area (Å²) in [6.07, 6.45) is -0.00756. The molecule has 1 aliphatic heterocycles. The summed E-state index contributed by atoms with van der Waals surface area (Å²) in [4.78, 5) is 12.8. The van der Waals surface area contributed by atoms with E-state index in [-0.39, 0.29) is 11.6 Å². The van der Waals surface area contributed by atoms with E-state index in [0.29, 0.717) is 23.3 Å². The number of aliphatic hydroxyl groups is 1. The largest absolute Gasteiger partial charge is 0.573 e. The quantitative estimate of drug-likeness (QED) is 0.741. The fraction of sp³-hybridized carbons (Fsp3) is 0.353. The van der Waals surface area contributed by atoms with Gasteiger partial charge in [0.1, 0.15) is 5.75 Å². The first-order valence-electron chi connectivity index (χ1n) is 8.20. The van der Waals surface area contributed by atoms with Crippen molar-refractivity contribution in [3.63, 3.8) is 0 Å². The number of carbonyl (C=O) groups excluding carboxylic acids is 1. The fourth-order valence-electron chi connectivity index (χ4n) is 2.96. The van der Waals surface area contributed by atoms with E-state index in [2.05, 4.69) is 10.1 Å².